The van der Waals surface area contributed by atoms with Gasteiger partial charge in [0.15, 0.2) is 0 Å². The highest BCUT2D eigenvalue weighted by Gasteiger charge is 2.16. The summed E-state index contributed by atoms with van der Waals surface area (Å²) < 4.78 is 0. The number of benzene rings is 1. The Morgan fingerprint density at radius 3 is 3.10 bits per heavy atom. The topological polar surface area (TPSA) is 37.0 Å². The smallest absolute Gasteiger partial charge is 0.0908 e. The average Bonchev–Trinajstić information content (AvgIpc) is 2.51. The standard InChI is InChI=1S/C17H22ClN3/c1-12(11-13-5-2-3-9-19-13)21-16-8-7-15(18)17-14(16)6-4-10-20-17/h4,6-8,10,12-13,19,21H,2-3,5,9,11H2,1H3. The third kappa shape index (κ3) is 3.47. The Balaban J connectivity index is 1.73. The maximum Gasteiger partial charge on any atom is 0.0908 e. The molecule has 1 saturated heterocycles. The second-order valence-corrected chi connectivity index (χ2v) is 6.33. The number of rotatable bonds is 4. The van der Waals surface area contributed by atoms with E-state index in [1.165, 1.54) is 19.3 Å². The van der Waals surface area contributed by atoms with E-state index in [-0.39, 0.29) is 0 Å². The van der Waals surface area contributed by atoms with Gasteiger partial charge in [-0.15, -0.1) is 0 Å². The molecule has 4 heteroatoms. The van der Waals surface area contributed by atoms with Crippen molar-refractivity contribution in [2.24, 2.45) is 0 Å². The Morgan fingerprint density at radius 1 is 1.38 bits per heavy atom. The number of aromatic nitrogens is 1. The number of anilines is 1. The predicted molar refractivity (Wildman–Crippen MR) is 90.1 cm³/mol. The Labute approximate surface area is 131 Å². The van der Waals surface area contributed by atoms with Crippen LogP contribution < -0.4 is 10.6 Å². The molecule has 0 radical (unpaired) electrons. The number of hydrogen-bond acceptors (Lipinski definition) is 3. The molecule has 2 N–H and O–H groups in total. The zero-order valence-electron chi connectivity index (χ0n) is 12.4. The van der Waals surface area contributed by atoms with Crippen LogP contribution in [0.4, 0.5) is 5.69 Å². The first-order valence-electron chi connectivity index (χ1n) is 7.77. The van der Waals surface area contributed by atoms with Crippen LogP contribution >= 0.6 is 11.6 Å². The first-order chi connectivity index (χ1) is 10.2. The summed E-state index contributed by atoms with van der Waals surface area (Å²) >= 11 is 6.22. The van der Waals surface area contributed by atoms with Crippen molar-refractivity contribution in [3.8, 4) is 0 Å². The molecular formula is C17H22ClN3. The minimum atomic E-state index is 0.421. The summed E-state index contributed by atoms with van der Waals surface area (Å²) in [5.41, 5.74) is 1.98. The minimum Gasteiger partial charge on any atom is -0.382 e. The molecule has 2 heterocycles. The summed E-state index contributed by atoms with van der Waals surface area (Å²) in [6, 6.07) is 9.06. The number of pyridine rings is 1. The summed E-state index contributed by atoms with van der Waals surface area (Å²) in [4.78, 5) is 4.38. The Hall–Kier alpha value is -1.32. The molecule has 0 bridgehead atoms. The number of nitrogens with one attached hydrogen (secondary N) is 2. The Bertz CT molecular complexity index is 608. The molecule has 21 heavy (non-hydrogen) atoms. The molecule has 1 aliphatic heterocycles. The second kappa shape index (κ2) is 6.63. The van der Waals surface area contributed by atoms with Crippen LogP contribution in [0.2, 0.25) is 5.02 Å². The third-order valence-electron chi connectivity index (χ3n) is 4.17. The van der Waals surface area contributed by atoms with Crippen LogP contribution in [0.15, 0.2) is 30.5 Å². The van der Waals surface area contributed by atoms with Gasteiger partial charge in [-0.05, 0) is 57.0 Å². The predicted octanol–water partition coefficient (Wildman–Crippen LogP) is 4.22. The summed E-state index contributed by atoms with van der Waals surface area (Å²) in [7, 11) is 0. The molecule has 0 amide bonds. The molecule has 1 fully saturated rings. The quantitative estimate of drug-likeness (QED) is 0.888. The van der Waals surface area contributed by atoms with Crippen molar-refractivity contribution in [2.75, 3.05) is 11.9 Å². The van der Waals surface area contributed by atoms with E-state index in [1.54, 1.807) is 6.20 Å². The first kappa shape index (κ1) is 14.6. The molecule has 2 atom stereocenters. The lowest BCUT2D eigenvalue weighted by molar-refractivity contribution is 0.371. The van der Waals surface area contributed by atoms with Gasteiger partial charge in [-0.2, -0.15) is 0 Å². The summed E-state index contributed by atoms with van der Waals surface area (Å²) in [6.45, 7) is 3.40. The number of piperidine rings is 1. The maximum absolute atomic E-state index is 6.22. The third-order valence-corrected chi connectivity index (χ3v) is 4.48. The fraction of sp³-hybridized carbons (Fsp3) is 0.471. The van der Waals surface area contributed by atoms with Gasteiger partial charge in [-0.3, -0.25) is 4.98 Å². The van der Waals surface area contributed by atoms with Crippen molar-refractivity contribution in [1.29, 1.82) is 0 Å². The van der Waals surface area contributed by atoms with Gasteiger partial charge in [-0.1, -0.05) is 18.0 Å². The summed E-state index contributed by atoms with van der Waals surface area (Å²) in [5, 5.41) is 9.03. The van der Waals surface area contributed by atoms with Crippen molar-refractivity contribution in [3.05, 3.63) is 35.5 Å². The fourth-order valence-electron chi connectivity index (χ4n) is 3.14. The molecule has 1 aromatic carbocycles. The zero-order chi connectivity index (χ0) is 14.7. The number of hydrogen-bond donors (Lipinski definition) is 2. The van der Waals surface area contributed by atoms with Crippen LogP contribution in [0.25, 0.3) is 10.9 Å². The monoisotopic (exact) mass is 303 g/mol. The van der Waals surface area contributed by atoms with Crippen molar-refractivity contribution in [3.63, 3.8) is 0 Å². The van der Waals surface area contributed by atoms with Crippen molar-refractivity contribution < 1.29 is 0 Å². The Morgan fingerprint density at radius 2 is 2.29 bits per heavy atom. The zero-order valence-corrected chi connectivity index (χ0v) is 13.2. The van der Waals surface area contributed by atoms with E-state index in [9.17, 15) is 0 Å². The molecule has 0 saturated carbocycles. The lowest BCUT2D eigenvalue weighted by atomic mass is 9.98. The summed E-state index contributed by atoms with van der Waals surface area (Å²) in [5.74, 6) is 0. The molecule has 2 aromatic rings. The van der Waals surface area contributed by atoms with Crippen LogP contribution in [-0.4, -0.2) is 23.6 Å². The van der Waals surface area contributed by atoms with E-state index in [4.69, 9.17) is 11.6 Å². The highest BCUT2D eigenvalue weighted by molar-refractivity contribution is 6.35. The van der Waals surface area contributed by atoms with E-state index in [1.807, 2.05) is 12.1 Å². The second-order valence-electron chi connectivity index (χ2n) is 5.92. The normalized spacial score (nSPS) is 20.4. The van der Waals surface area contributed by atoms with Gasteiger partial charge in [0.2, 0.25) is 0 Å². The van der Waals surface area contributed by atoms with E-state index < -0.39 is 0 Å². The highest BCUT2D eigenvalue weighted by Crippen LogP contribution is 2.29. The molecule has 112 valence electrons. The lowest BCUT2D eigenvalue weighted by Crippen LogP contribution is -2.37. The van der Waals surface area contributed by atoms with Gasteiger partial charge in [0, 0.05) is 29.4 Å². The van der Waals surface area contributed by atoms with Crippen LogP contribution in [-0.2, 0) is 0 Å². The molecule has 3 nitrogen and oxygen atoms in total. The highest BCUT2D eigenvalue weighted by atomic mass is 35.5. The van der Waals surface area contributed by atoms with Gasteiger partial charge < -0.3 is 10.6 Å². The fourth-order valence-corrected chi connectivity index (χ4v) is 3.35. The number of fused-ring (bicyclic) bond motifs is 1. The van der Waals surface area contributed by atoms with Crippen LogP contribution in [0, 0.1) is 0 Å². The van der Waals surface area contributed by atoms with E-state index in [0.29, 0.717) is 17.1 Å². The molecule has 1 aliphatic rings. The van der Waals surface area contributed by atoms with Crippen LogP contribution in [0.5, 0.6) is 0 Å². The number of halogens is 1. The van der Waals surface area contributed by atoms with E-state index >= 15 is 0 Å². The molecule has 0 spiro atoms. The molecule has 3 rings (SSSR count). The Kier molecular flexibility index (Phi) is 4.61. The van der Waals surface area contributed by atoms with Crippen molar-refractivity contribution in [2.45, 2.75) is 44.7 Å². The molecule has 0 aliphatic carbocycles. The van der Waals surface area contributed by atoms with Gasteiger partial charge in [0.05, 0.1) is 10.5 Å². The maximum atomic E-state index is 6.22. The van der Waals surface area contributed by atoms with Gasteiger partial charge in [-0.25, -0.2) is 0 Å². The van der Waals surface area contributed by atoms with Gasteiger partial charge in [0.25, 0.3) is 0 Å². The first-order valence-corrected chi connectivity index (χ1v) is 8.15. The van der Waals surface area contributed by atoms with Crippen molar-refractivity contribution in [1.82, 2.24) is 10.3 Å². The van der Waals surface area contributed by atoms with Crippen LogP contribution in [0.1, 0.15) is 32.6 Å². The summed E-state index contributed by atoms with van der Waals surface area (Å²) in [6.07, 6.45) is 6.87. The molecule has 1 aromatic heterocycles. The van der Waals surface area contributed by atoms with Crippen LogP contribution in [0.3, 0.4) is 0 Å². The van der Waals surface area contributed by atoms with E-state index in [2.05, 4.69) is 34.7 Å². The van der Waals surface area contributed by atoms with Gasteiger partial charge >= 0.3 is 0 Å². The van der Waals surface area contributed by atoms with Gasteiger partial charge in [0.1, 0.15) is 0 Å². The number of nitrogens with zero attached hydrogens (tertiary/aromatic N) is 1. The SMILES string of the molecule is CC(CC1CCCCN1)Nc1ccc(Cl)c2ncccc12. The molecular weight excluding hydrogens is 282 g/mol. The largest absolute Gasteiger partial charge is 0.382 e. The minimum absolute atomic E-state index is 0.421. The van der Waals surface area contributed by atoms with Crippen molar-refractivity contribution >= 4 is 28.2 Å². The van der Waals surface area contributed by atoms with E-state index in [0.717, 1.165) is 29.6 Å². The molecule has 2 unspecified atom stereocenters. The lowest BCUT2D eigenvalue weighted by Gasteiger charge is -2.27. The average molecular weight is 304 g/mol.